The van der Waals surface area contributed by atoms with E-state index in [-0.39, 0.29) is 43.2 Å². The van der Waals surface area contributed by atoms with Gasteiger partial charge in [-0.3, -0.25) is 9.59 Å². The molecule has 0 saturated carbocycles. The molecule has 34 heavy (non-hydrogen) atoms. The molecule has 0 heterocycles. The van der Waals surface area contributed by atoms with Crippen LogP contribution in [0.5, 0.6) is 0 Å². The summed E-state index contributed by atoms with van der Waals surface area (Å²) in [5, 5.41) is 14.5. The first-order valence-electron chi connectivity index (χ1n) is 12.0. The van der Waals surface area contributed by atoms with E-state index in [1.807, 2.05) is 38.1 Å². The molecule has 0 aromatic heterocycles. The van der Waals surface area contributed by atoms with Gasteiger partial charge in [0.2, 0.25) is 5.91 Å². The molecule has 1 aliphatic rings. The summed E-state index contributed by atoms with van der Waals surface area (Å²) >= 11 is 0. The zero-order valence-electron chi connectivity index (χ0n) is 19.9. The Labute approximate surface area is 200 Å². The zero-order valence-corrected chi connectivity index (χ0v) is 19.9. The molecule has 2 aromatic carbocycles. The number of alkyl carbamates (subject to hydrolysis) is 1. The number of carboxylic acid groups (broad SMARTS) is 1. The third kappa shape index (κ3) is 6.83. The Morgan fingerprint density at radius 2 is 1.62 bits per heavy atom. The van der Waals surface area contributed by atoms with Gasteiger partial charge in [0.15, 0.2) is 0 Å². The Balaban J connectivity index is 1.50. The molecule has 1 aliphatic carbocycles. The van der Waals surface area contributed by atoms with Gasteiger partial charge in [-0.2, -0.15) is 0 Å². The summed E-state index contributed by atoms with van der Waals surface area (Å²) in [5.41, 5.74) is 4.64. The molecule has 0 aliphatic heterocycles. The number of hydrogen-bond acceptors (Lipinski definition) is 4. The van der Waals surface area contributed by atoms with E-state index in [1.165, 1.54) is 11.1 Å². The molecular formula is C27H34N2O5. The second-order valence-electron chi connectivity index (χ2n) is 9.00. The maximum Gasteiger partial charge on any atom is 0.407 e. The Morgan fingerprint density at radius 3 is 2.21 bits per heavy atom. The molecule has 7 nitrogen and oxygen atoms in total. The predicted octanol–water partition coefficient (Wildman–Crippen LogP) is 4.70. The fourth-order valence-corrected chi connectivity index (χ4v) is 4.44. The molecule has 3 rings (SSSR count). The summed E-state index contributed by atoms with van der Waals surface area (Å²) in [4.78, 5) is 35.6. The fourth-order valence-electron chi connectivity index (χ4n) is 4.44. The normalized spacial score (nSPS) is 13.9. The number of aliphatic carboxylic acids is 1. The average molecular weight is 467 g/mol. The van der Waals surface area contributed by atoms with Gasteiger partial charge in [0.05, 0.1) is 0 Å². The first-order valence-corrected chi connectivity index (χ1v) is 12.0. The first kappa shape index (κ1) is 25.3. The van der Waals surface area contributed by atoms with Gasteiger partial charge in [-0.1, -0.05) is 68.8 Å². The summed E-state index contributed by atoms with van der Waals surface area (Å²) in [6, 6.07) is 16.0. The Morgan fingerprint density at radius 1 is 1.00 bits per heavy atom. The standard InChI is InChI=1S/C27H34N2O5/c1-3-8-19(15-25(30)28-16-18(2)13-14-26(31)32)29-27(33)34-17-24-22-11-6-4-9-20(22)21-10-5-7-12-23(21)24/h4-7,9-12,18-19,24H,3,8,13-17H2,1-2H3,(H,28,30)(H,29,33)(H,31,32). The second kappa shape index (κ2) is 12.2. The molecule has 0 fully saturated rings. The summed E-state index contributed by atoms with van der Waals surface area (Å²) in [5.74, 6) is -0.953. The molecule has 2 atom stereocenters. The van der Waals surface area contributed by atoms with Crippen molar-refractivity contribution in [3.63, 3.8) is 0 Å². The number of carboxylic acids is 1. The van der Waals surface area contributed by atoms with Gasteiger partial charge < -0.3 is 20.5 Å². The van der Waals surface area contributed by atoms with Crippen LogP contribution in [0.2, 0.25) is 0 Å². The van der Waals surface area contributed by atoms with Crippen LogP contribution in [0.3, 0.4) is 0 Å². The van der Waals surface area contributed by atoms with Gasteiger partial charge >= 0.3 is 12.1 Å². The van der Waals surface area contributed by atoms with Gasteiger partial charge in [0, 0.05) is 31.3 Å². The van der Waals surface area contributed by atoms with Crippen molar-refractivity contribution >= 4 is 18.0 Å². The molecule has 182 valence electrons. The lowest BCUT2D eigenvalue weighted by atomic mass is 9.98. The molecular weight excluding hydrogens is 432 g/mol. The SMILES string of the molecule is CCCC(CC(=O)NCC(C)CCC(=O)O)NC(=O)OCC1c2ccccc2-c2ccccc21. The average Bonchev–Trinajstić information content (AvgIpc) is 3.14. The monoisotopic (exact) mass is 466 g/mol. The van der Waals surface area contributed by atoms with Crippen molar-refractivity contribution in [1.82, 2.24) is 10.6 Å². The minimum absolute atomic E-state index is 0.0154. The number of ether oxygens (including phenoxy) is 1. The number of nitrogens with one attached hydrogen (secondary N) is 2. The van der Waals surface area contributed by atoms with Gasteiger partial charge in [-0.05, 0) is 41.0 Å². The number of carbonyl (C=O) groups excluding carboxylic acids is 2. The summed E-state index contributed by atoms with van der Waals surface area (Å²) in [7, 11) is 0. The number of amides is 2. The van der Waals surface area contributed by atoms with Crippen LogP contribution in [-0.4, -0.2) is 42.3 Å². The van der Waals surface area contributed by atoms with Crippen LogP contribution in [-0.2, 0) is 14.3 Å². The third-order valence-electron chi connectivity index (χ3n) is 6.23. The van der Waals surface area contributed by atoms with Crippen molar-refractivity contribution in [3.8, 4) is 11.1 Å². The van der Waals surface area contributed by atoms with Crippen LogP contribution in [0.15, 0.2) is 48.5 Å². The van der Waals surface area contributed by atoms with Crippen LogP contribution in [0, 0.1) is 5.92 Å². The van der Waals surface area contributed by atoms with Gasteiger partial charge in [-0.15, -0.1) is 0 Å². The number of hydrogen-bond donors (Lipinski definition) is 3. The molecule has 2 aromatic rings. The molecule has 0 bridgehead atoms. The maximum atomic E-state index is 12.6. The zero-order chi connectivity index (χ0) is 24.5. The van der Waals surface area contributed by atoms with Crippen molar-refractivity contribution in [2.24, 2.45) is 5.92 Å². The molecule has 2 unspecified atom stereocenters. The summed E-state index contributed by atoms with van der Waals surface area (Å²) in [6.45, 7) is 4.54. The van der Waals surface area contributed by atoms with E-state index in [0.29, 0.717) is 19.4 Å². The lowest BCUT2D eigenvalue weighted by Gasteiger charge is -2.20. The smallest absolute Gasteiger partial charge is 0.407 e. The minimum atomic E-state index is -0.839. The Hall–Kier alpha value is -3.35. The highest BCUT2D eigenvalue weighted by molar-refractivity contribution is 5.79. The van der Waals surface area contributed by atoms with Crippen molar-refractivity contribution in [2.45, 2.75) is 57.9 Å². The summed E-state index contributed by atoms with van der Waals surface area (Å²) < 4.78 is 5.61. The molecule has 3 N–H and O–H groups in total. The Kier molecular flexibility index (Phi) is 9.08. The van der Waals surface area contributed by atoms with Crippen molar-refractivity contribution < 1.29 is 24.2 Å². The fraction of sp³-hybridized carbons (Fsp3) is 0.444. The van der Waals surface area contributed by atoms with Crippen molar-refractivity contribution in [2.75, 3.05) is 13.2 Å². The molecule has 0 saturated heterocycles. The predicted molar refractivity (Wildman–Crippen MR) is 131 cm³/mol. The first-order chi connectivity index (χ1) is 16.4. The highest BCUT2D eigenvalue weighted by atomic mass is 16.5. The lowest BCUT2D eigenvalue weighted by molar-refractivity contribution is -0.137. The number of carbonyl (C=O) groups is 3. The van der Waals surface area contributed by atoms with Crippen LogP contribution in [0.4, 0.5) is 4.79 Å². The highest BCUT2D eigenvalue weighted by Gasteiger charge is 2.29. The van der Waals surface area contributed by atoms with E-state index < -0.39 is 12.1 Å². The van der Waals surface area contributed by atoms with Crippen LogP contribution in [0.25, 0.3) is 11.1 Å². The van der Waals surface area contributed by atoms with Gasteiger partial charge in [0.1, 0.15) is 6.61 Å². The lowest BCUT2D eigenvalue weighted by Crippen LogP contribution is -2.40. The van der Waals surface area contributed by atoms with Crippen LogP contribution >= 0.6 is 0 Å². The highest BCUT2D eigenvalue weighted by Crippen LogP contribution is 2.44. The third-order valence-corrected chi connectivity index (χ3v) is 6.23. The summed E-state index contributed by atoms with van der Waals surface area (Å²) in [6.07, 6.45) is 1.69. The van der Waals surface area contributed by atoms with Crippen molar-refractivity contribution in [3.05, 3.63) is 59.7 Å². The van der Waals surface area contributed by atoms with E-state index in [4.69, 9.17) is 9.84 Å². The minimum Gasteiger partial charge on any atom is -0.481 e. The molecule has 0 radical (unpaired) electrons. The molecule has 2 amide bonds. The van der Waals surface area contributed by atoms with E-state index >= 15 is 0 Å². The molecule has 0 spiro atoms. The quantitative estimate of drug-likeness (QED) is 0.421. The Bertz CT molecular complexity index is 961. The number of rotatable bonds is 12. The van der Waals surface area contributed by atoms with Gasteiger partial charge in [0.25, 0.3) is 0 Å². The topological polar surface area (TPSA) is 105 Å². The van der Waals surface area contributed by atoms with E-state index in [2.05, 4.69) is 34.9 Å². The largest absolute Gasteiger partial charge is 0.481 e. The van der Waals surface area contributed by atoms with Crippen molar-refractivity contribution in [1.29, 1.82) is 0 Å². The van der Waals surface area contributed by atoms with E-state index in [1.54, 1.807) is 0 Å². The number of benzene rings is 2. The van der Waals surface area contributed by atoms with E-state index in [0.717, 1.165) is 17.5 Å². The van der Waals surface area contributed by atoms with Crippen LogP contribution in [0.1, 0.15) is 63.0 Å². The number of fused-ring (bicyclic) bond motifs is 3. The van der Waals surface area contributed by atoms with E-state index in [9.17, 15) is 14.4 Å². The molecule has 7 heteroatoms. The maximum absolute atomic E-state index is 12.6. The van der Waals surface area contributed by atoms with Gasteiger partial charge in [-0.25, -0.2) is 4.79 Å². The van der Waals surface area contributed by atoms with Crippen LogP contribution < -0.4 is 10.6 Å². The second-order valence-corrected chi connectivity index (χ2v) is 9.00.